The van der Waals surface area contributed by atoms with Gasteiger partial charge in [-0.05, 0) is 12.5 Å². The fourth-order valence-corrected chi connectivity index (χ4v) is 2.58. The van der Waals surface area contributed by atoms with E-state index in [1.165, 1.54) is 5.56 Å². The van der Waals surface area contributed by atoms with Gasteiger partial charge < -0.3 is 10.6 Å². The van der Waals surface area contributed by atoms with Crippen LogP contribution in [0.4, 0.5) is 0 Å². The molecule has 2 rings (SSSR count). The molecule has 1 aliphatic rings. The van der Waals surface area contributed by atoms with Gasteiger partial charge in [-0.1, -0.05) is 30.3 Å². The van der Waals surface area contributed by atoms with E-state index in [1.54, 1.807) is 0 Å². The molecule has 4 nitrogen and oxygen atoms in total. The van der Waals surface area contributed by atoms with Crippen LogP contribution in [-0.2, 0) is 4.79 Å². The van der Waals surface area contributed by atoms with Crippen LogP contribution in [0.2, 0.25) is 0 Å². The first-order valence-electron chi connectivity index (χ1n) is 6.99. The predicted octanol–water partition coefficient (Wildman–Crippen LogP) is 1.24. The number of benzene rings is 1. The Morgan fingerprint density at radius 1 is 1.21 bits per heavy atom. The van der Waals surface area contributed by atoms with Gasteiger partial charge in [-0.15, -0.1) is 0 Å². The maximum Gasteiger partial charge on any atom is 0.223 e. The normalized spacial score (nSPS) is 18.3. The molecule has 1 aliphatic heterocycles. The lowest BCUT2D eigenvalue weighted by Crippen LogP contribution is -2.49. The van der Waals surface area contributed by atoms with Crippen LogP contribution >= 0.6 is 0 Å². The zero-order valence-electron chi connectivity index (χ0n) is 11.6. The van der Waals surface area contributed by atoms with E-state index in [2.05, 4.69) is 36.1 Å². The molecule has 19 heavy (non-hydrogen) atoms. The molecule has 0 saturated carbocycles. The summed E-state index contributed by atoms with van der Waals surface area (Å²) < 4.78 is 0. The van der Waals surface area contributed by atoms with Crippen LogP contribution in [0.25, 0.3) is 0 Å². The summed E-state index contributed by atoms with van der Waals surface area (Å²) in [6.07, 6.45) is 0.467. The number of hydrogen-bond donors (Lipinski definition) is 1. The molecule has 0 spiro atoms. The summed E-state index contributed by atoms with van der Waals surface area (Å²) in [5, 5.41) is 0. The molecular weight excluding hydrogens is 238 g/mol. The lowest BCUT2D eigenvalue weighted by molar-refractivity contribution is -0.133. The molecule has 1 aromatic rings. The summed E-state index contributed by atoms with van der Waals surface area (Å²) in [4.78, 5) is 16.1. The average Bonchev–Trinajstić information content (AvgIpc) is 2.48. The quantitative estimate of drug-likeness (QED) is 0.887. The van der Waals surface area contributed by atoms with Gasteiger partial charge in [0.2, 0.25) is 5.91 Å². The number of amides is 1. The Morgan fingerprint density at radius 2 is 1.84 bits per heavy atom. The van der Waals surface area contributed by atoms with Gasteiger partial charge in [-0.3, -0.25) is 9.69 Å². The second-order valence-electron chi connectivity index (χ2n) is 5.04. The summed E-state index contributed by atoms with van der Waals surface area (Å²) >= 11 is 0. The van der Waals surface area contributed by atoms with Crippen molar-refractivity contribution in [2.75, 3.05) is 32.7 Å². The van der Waals surface area contributed by atoms with Crippen molar-refractivity contribution in [3.63, 3.8) is 0 Å². The van der Waals surface area contributed by atoms with Crippen molar-refractivity contribution >= 4 is 5.91 Å². The van der Waals surface area contributed by atoms with Gasteiger partial charge in [0, 0.05) is 45.2 Å². The van der Waals surface area contributed by atoms with Gasteiger partial charge >= 0.3 is 0 Å². The van der Waals surface area contributed by atoms with Crippen LogP contribution in [0.3, 0.4) is 0 Å². The molecule has 1 aromatic carbocycles. The van der Waals surface area contributed by atoms with Crippen LogP contribution in [0, 0.1) is 0 Å². The van der Waals surface area contributed by atoms with Crippen molar-refractivity contribution in [2.45, 2.75) is 19.4 Å². The fourth-order valence-electron chi connectivity index (χ4n) is 2.58. The zero-order chi connectivity index (χ0) is 13.7. The van der Waals surface area contributed by atoms with Gasteiger partial charge in [0.25, 0.3) is 0 Å². The molecule has 1 saturated heterocycles. The van der Waals surface area contributed by atoms with E-state index < -0.39 is 0 Å². The number of rotatable bonds is 4. The second-order valence-corrected chi connectivity index (χ2v) is 5.04. The molecule has 1 heterocycles. The SMILES string of the molecule is CC(c1ccccc1)N1CCN(C(=O)CCN)CC1. The molecule has 0 radical (unpaired) electrons. The zero-order valence-corrected chi connectivity index (χ0v) is 11.6. The number of carbonyl (C=O) groups excluding carboxylic acids is 1. The Labute approximate surface area is 115 Å². The molecule has 4 heteroatoms. The van der Waals surface area contributed by atoms with Crippen molar-refractivity contribution < 1.29 is 4.79 Å². The highest BCUT2D eigenvalue weighted by Crippen LogP contribution is 2.21. The van der Waals surface area contributed by atoms with E-state index in [1.807, 2.05) is 11.0 Å². The van der Waals surface area contributed by atoms with Crippen LogP contribution in [0.5, 0.6) is 0 Å². The third-order valence-electron chi connectivity index (χ3n) is 3.85. The first-order valence-corrected chi connectivity index (χ1v) is 6.99. The third-order valence-corrected chi connectivity index (χ3v) is 3.85. The van der Waals surface area contributed by atoms with Crippen molar-refractivity contribution in [3.8, 4) is 0 Å². The Balaban J connectivity index is 1.88. The highest BCUT2D eigenvalue weighted by atomic mass is 16.2. The van der Waals surface area contributed by atoms with Crippen LogP contribution in [-0.4, -0.2) is 48.4 Å². The Morgan fingerprint density at radius 3 is 2.42 bits per heavy atom. The number of nitrogens with zero attached hydrogens (tertiary/aromatic N) is 2. The molecule has 2 N–H and O–H groups in total. The van der Waals surface area contributed by atoms with Gasteiger partial charge in [0.05, 0.1) is 0 Å². The number of nitrogens with two attached hydrogens (primary N) is 1. The molecule has 0 aliphatic carbocycles. The van der Waals surface area contributed by atoms with Crippen molar-refractivity contribution in [2.24, 2.45) is 5.73 Å². The number of hydrogen-bond acceptors (Lipinski definition) is 3. The van der Waals surface area contributed by atoms with E-state index in [0.717, 1.165) is 26.2 Å². The maximum absolute atomic E-state index is 11.8. The minimum atomic E-state index is 0.189. The van der Waals surface area contributed by atoms with E-state index in [-0.39, 0.29) is 5.91 Å². The van der Waals surface area contributed by atoms with Crippen LogP contribution in [0.15, 0.2) is 30.3 Å². The molecule has 1 amide bonds. The Kier molecular flexibility index (Phi) is 4.93. The van der Waals surface area contributed by atoms with Gasteiger partial charge in [0.1, 0.15) is 0 Å². The molecule has 1 fully saturated rings. The van der Waals surface area contributed by atoms with E-state index in [0.29, 0.717) is 19.0 Å². The second kappa shape index (κ2) is 6.68. The first kappa shape index (κ1) is 14.0. The van der Waals surface area contributed by atoms with Gasteiger partial charge in [0.15, 0.2) is 0 Å². The van der Waals surface area contributed by atoms with Gasteiger partial charge in [-0.2, -0.15) is 0 Å². The molecule has 104 valence electrons. The smallest absolute Gasteiger partial charge is 0.223 e. The molecule has 0 bridgehead atoms. The van der Waals surface area contributed by atoms with E-state index >= 15 is 0 Å². The van der Waals surface area contributed by atoms with Crippen molar-refractivity contribution in [1.29, 1.82) is 0 Å². The monoisotopic (exact) mass is 261 g/mol. The lowest BCUT2D eigenvalue weighted by atomic mass is 10.1. The first-order chi connectivity index (χ1) is 9.22. The van der Waals surface area contributed by atoms with Crippen molar-refractivity contribution in [1.82, 2.24) is 9.80 Å². The minimum absolute atomic E-state index is 0.189. The largest absolute Gasteiger partial charge is 0.340 e. The van der Waals surface area contributed by atoms with Crippen LogP contribution in [0.1, 0.15) is 24.9 Å². The Hall–Kier alpha value is -1.39. The highest BCUT2D eigenvalue weighted by molar-refractivity contribution is 5.76. The maximum atomic E-state index is 11.8. The predicted molar refractivity (Wildman–Crippen MR) is 76.7 cm³/mol. The molecule has 0 aromatic heterocycles. The van der Waals surface area contributed by atoms with E-state index in [9.17, 15) is 4.79 Å². The summed E-state index contributed by atoms with van der Waals surface area (Å²) in [6, 6.07) is 10.9. The highest BCUT2D eigenvalue weighted by Gasteiger charge is 2.23. The minimum Gasteiger partial charge on any atom is -0.340 e. The number of carbonyl (C=O) groups is 1. The fraction of sp³-hybridized carbons (Fsp3) is 0.533. The van der Waals surface area contributed by atoms with Crippen molar-refractivity contribution in [3.05, 3.63) is 35.9 Å². The average molecular weight is 261 g/mol. The molecule has 1 unspecified atom stereocenters. The summed E-state index contributed by atoms with van der Waals surface area (Å²) in [5.41, 5.74) is 6.77. The van der Waals surface area contributed by atoms with Gasteiger partial charge in [-0.25, -0.2) is 0 Å². The molecular formula is C15H23N3O. The Bertz CT molecular complexity index is 399. The standard InChI is InChI=1S/C15H23N3O/c1-13(14-5-3-2-4-6-14)17-9-11-18(12-10-17)15(19)7-8-16/h2-6,13H,7-12,16H2,1H3. The topological polar surface area (TPSA) is 49.6 Å². The van der Waals surface area contributed by atoms with Crippen LogP contribution < -0.4 is 5.73 Å². The molecule has 1 atom stereocenters. The van der Waals surface area contributed by atoms with E-state index in [4.69, 9.17) is 5.73 Å². The third kappa shape index (κ3) is 3.55. The summed E-state index contributed by atoms with van der Waals surface area (Å²) in [7, 11) is 0. The lowest BCUT2D eigenvalue weighted by Gasteiger charge is -2.38. The summed E-state index contributed by atoms with van der Waals surface area (Å²) in [5.74, 6) is 0.189. The number of piperazine rings is 1. The summed E-state index contributed by atoms with van der Waals surface area (Å²) in [6.45, 7) is 6.18.